The van der Waals surface area contributed by atoms with Crippen LogP contribution in [-0.4, -0.2) is 38.0 Å². The number of hydrogen-bond donors (Lipinski definition) is 0. The number of sulfone groups is 1. The first-order valence-electron chi connectivity index (χ1n) is 8.10. The predicted molar refractivity (Wildman–Crippen MR) is 99.7 cm³/mol. The maximum absolute atomic E-state index is 12.9. The smallest absolute Gasteiger partial charge is 0.417 e. The minimum atomic E-state index is -4.18. The second-order valence-corrected chi connectivity index (χ2v) is 8.02. The fourth-order valence-corrected chi connectivity index (χ4v) is 4.47. The molecule has 1 fully saturated rings. The average molecular weight is 406 g/mol. The number of carbonyl (C=O) groups excluding carboxylic acids is 2. The summed E-state index contributed by atoms with van der Waals surface area (Å²) in [5.41, 5.74) is 1.58. The van der Waals surface area contributed by atoms with E-state index in [1.807, 2.05) is 30.3 Å². The van der Waals surface area contributed by atoms with E-state index < -0.39 is 32.8 Å². The molecule has 0 spiro atoms. The molecule has 1 aliphatic heterocycles. The number of imide groups is 1. The highest BCUT2D eigenvalue weighted by Gasteiger charge is 2.42. The van der Waals surface area contributed by atoms with Crippen molar-refractivity contribution >= 4 is 33.4 Å². The Kier molecular flexibility index (Phi) is 5.62. The van der Waals surface area contributed by atoms with E-state index in [1.54, 1.807) is 6.07 Å². The Bertz CT molecular complexity index is 974. The van der Waals surface area contributed by atoms with E-state index in [-0.39, 0.29) is 11.5 Å². The third kappa shape index (κ3) is 3.89. The van der Waals surface area contributed by atoms with Gasteiger partial charge in [-0.2, -0.15) is 0 Å². The van der Waals surface area contributed by atoms with Gasteiger partial charge >= 0.3 is 6.09 Å². The lowest BCUT2D eigenvalue weighted by atomic mass is 10.1. The summed E-state index contributed by atoms with van der Waals surface area (Å²) in [5, 5.41) is 0. The van der Waals surface area contributed by atoms with Crippen molar-refractivity contribution in [2.45, 2.75) is 17.4 Å². The maximum Gasteiger partial charge on any atom is 0.417 e. The molecule has 3 rings (SSSR count). The van der Waals surface area contributed by atoms with Gasteiger partial charge in [-0.15, -0.1) is 0 Å². The summed E-state index contributed by atoms with van der Waals surface area (Å²) in [7, 11) is -4.18. The van der Waals surface area contributed by atoms with Crippen molar-refractivity contribution in [3.05, 3.63) is 76.7 Å². The van der Waals surface area contributed by atoms with Gasteiger partial charge in [0.2, 0.25) is 9.84 Å². The highest BCUT2D eigenvalue weighted by atomic mass is 35.5. The van der Waals surface area contributed by atoms with E-state index in [1.165, 1.54) is 24.3 Å². The van der Waals surface area contributed by atoms with E-state index in [2.05, 4.69) is 0 Å². The first-order chi connectivity index (χ1) is 12.9. The third-order valence-corrected chi connectivity index (χ3v) is 6.26. The second-order valence-electron chi connectivity index (χ2n) is 5.89. The lowest BCUT2D eigenvalue weighted by Crippen LogP contribution is -2.42. The normalized spacial score (nSPS) is 17.7. The average Bonchev–Trinajstić information content (AvgIpc) is 3.03. The van der Waals surface area contributed by atoms with Crippen LogP contribution in [0.15, 0.2) is 76.0 Å². The first-order valence-corrected chi connectivity index (χ1v) is 10.0. The van der Waals surface area contributed by atoms with Gasteiger partial charge in [0.25, 0.3) is 5.91 Å². The zero-order chi connectivity index (χ0) is 19.4. The molecule has 0 unspecified atom stereocenters. The number of carbonyl (C=O) groups is 2. The van der Waals surface area contributed by atoms with Crippen molar-refractivity contribution < 1.29 is 22.7 Å². The van der Waals surface area contributed by atoms with Gasteiger partial charge < -0.3 is 4.74 Å². The Balaban J connectivity index is 1.90. The predicted octanol–water partition coefficient (Wildman–Crippen LogP) is 3.13. The van der Waals surface area contributed by atoms with Gasteiger partial charge in [-0.05, 0) is 24.1 Å². The summed E-state index contributed by atoms with van der Waals surface area (Å²) in [6, 6.07) is 16.0. The largest absolute Gasteiger partial charge is 0.447 e. The molecule has 1 saturated heterocycles. The van der Waals surface area contributed by atoms with E-state index in [4.69, 9.17) is 16.3 Å². The van der Waals surface area contributed by atoms with Crippen LogP contribution in [-0.2, 0) is 25.8 Å². The van der Waals surface area contributed by atoms with Crippen molar-refractivity contribution in [3.8, 4) is 0 Å². The van der Waals surface area contributed by atoms with Crippen LogP contribution in [0.5, 0.6) is 0 Å². The molecule has 140 valence electrons. The van der Waals surface area contributed by atoms with E-state index in [0.29, 0.717) is 12.0 Å². The number of cyclic esters (lactones) is 1. The number of rotatable bonds is 5. The molecule has 2 aromatic rings. The summed E-state index contributed by atoms with van der Waals surface area (Å²) < 4.78 is 30.5. The Labute approximate surface area is 161 Å². The SMILES string of the molecule is O=C1OC[C@H](Cc2ccccc2)N1C(=O)/C(=C/Cl)S(=O)(=O)c1ccccc1. The van der Waals surface area contributed by atoms with Gasteiger partial charge in [-0.25, -0.2) is 18.1 Å². The van der Waals surface area contributed by atoms with Gasteiger partial charge in [0.1, 0.15) is 11.5 Å². The molecule has 27 heavy (non-hydrogen) atoms. The highest BCUT2D eigenvalue weighted by Crippen LogP contribution is 2.26. The van der Waals surface area contributed by atoms with Crippen LogP contribution in [0.4, 0.5) is 4.79 Å². The fraction of sp³-hybridized carbons (Fsp3) is 0.158. The highest BCUT2D eigenvalue weighted by molar-refractivity contribution is 7.96. The van der Waals surface area contributed by atoms with Crippen LogP contribution in [0, 0.1) is 0 Å². The molecular weight excluding hydrogens is 390 g/mol. The molecule has 0 bridgehead atoms. The van der Waals surface area contributed by atoms with Crippen molar-refractivity contribution in [2.24, 2.45) is 0 Å². The Morgan fingerprint density at radius 2 is 1.70 bits per heavy atom. The van der Waals surface area contributed by atoms with Crippen molar-refractivity contribution in [1.82, 2.24) is 4.90 Å². The van der Waals surface area contributed by atoms with Gasteiger partial charge in [-0.3, -0.25) is 4.79 Å². The number of nitrogens with zero attached hydrogens (tertiary/aromatic N) is 1. The van der Waals surface area contributed by atoms with E-state index >= 15 is 0 Å². The number of halogens is 1. The van der Waals surface area contributed by atoms with Crippen molar-refractivity contribution in [2.75, 3.05) is 6.61 Å². The molecular formula is C19H16ClNO5S. The number of ether oxygens (including phenoxy) is 1. The fourth-order valence-electron chi connectivity index (χ4n) is 2.81. The molecule has 1 atom stereocenters. The topological polar surface area (TPSA) is 80.8 Å². The van der Waals surface area contributed by atoms with Crippen LogP contribution in [0.1, 0.15) is 5.56 Å². The van der Waals surface area contributed by atoms with Crippen LogP contribution in [0.25, 0.3) is 0 Å². The second kappa shape index (κ2) is 7.94. The van der Waals surface area contributed by atoms with Gasteiger partial charge in [0.05, 0.1) is 10.9 Å². The molecule has 0 radical (unpaired) electrons. The van der Waals surface area contributed by atoms with E-state index in [0.717, 1.165) is 10.5 Å². The molecule has 6 nitrogen and oxygen atoms in total. The Morgan fingerprint density at radius 1 is 1.11 bits per heavy atom. The molecule has 2 amide bonds. The Morgan fingerprint density at radius 3 is 2.30 bits per heavy atom. The molecule has 1 aliphatic rings. The van der Waals surface area contributed by atoms with E-state index in [9.17, 15) is 18.0 Å². The minimum absolute atomic E-state index is 0.0135. The molecule has 0 N–H and O–H groups in total. The summed E-state index contributed by atoms with van der Waals surface area (Å²) in [6.07, 6.45) is -0.542. The number of amides is 2. The lowest BCUT2D eigenvalue weighted by molar-refractivity contribution is -0.124. The standard InChI is InChI=1S/C19H16ClNO5S/c20-12-17(27(24,25)16-9-5-2-6-10-16)18(22)21-15(13-26-19(21)23)11-14-7-3-1-4-8-14/h1-10,12,15H,11,13H2/b17-12-/t15-/m0/s1. The number of benzene rings is 2. The summed E-state index contributed by atoms with van der Waals surface area (Å²) >= 11 is 5.69. The van der Waals surface area contributed by atoms with Crippen LogP contribution in [0.2, 0.25) is 0 Å². The molecule has 8 heteroatoms. The number of hydrogen-bond acceptors (Lipinski definition) is 5. The summed E-state index contributed by atoms with van der Waals surface area (Å²) in [4.78, 5) is 25.1. The maximum atomic E-state index is 12.9. The van der Waals surface area contributed by atoms with Gasteiger partial charge in [0, 0.05) is 5.54 Å². The molecule has 2 aromatic carbocycles. The molecule has 0 saturated carbocycles. The monoisotopic (exact) mass is 405 g/mol. The summed E-state index contributed by atoms with van der Waals surface area (Å²) in [6.45, 7) is -0.0135. The van der Waals surface area contributed by atoms with Crippen molar-refractivity contribution in [1.29, 1.82) is 0 Å². The zero-order valence-corrected chi connectivity index (χ0v) is 15.7. The van der Waals surface area contributed by atoms with Crippen LogP contribution < -0.4 is 0 Å². The van der Waals surface area contributed by atoms with Crippen LogP contribution in [0.3, 0.4) is 0 Å². The van der Waals surface area contributed by atoms with Crippen molar-refractivity contribution in [3.63, 3.8) is 0 Å². The van der Waals surface area contributed by atoms with Gasteiger partial charge in [-0.1, -0.05) is 60.1 Å². The third-order valence-electron chi connectivity index (χ3n) is 4.15. The zero-order valence-electron chi connectivity index (χ0n) is 14.1. The Hall–Kier alpha value is -2.64. The molecule has 0 aromatic heterocycles. The lowest BCUT2D eigenvalue weighted by Gasteiger charge is -2.20. The van der Waals surface area contributed by atoms with Gasteiger partial charge in [0.15, 0.2) is 0 Å². The molecule has 0 aliphatic carbocycles. The van der Waals surface area contributed by atoms with Crippen LogP contribution >= 0.6 is 11.6 Å². The first kappa shape index (κ1) is 19.1. The summed E-state index contributed by atoms with van der Waals surface area (Å²) in [5.74, 6) is -1.00. The molecule has 1 heterocycles. The quantitative estimate of drug-likeness (QED) is 0.714. The minimum Gasteiger partial charge on any atom is -0.447 e.